The van der Waals surface area contributed by atoms with E-state index in [4.69, 9.17) is 5.73 Å². The van der Waals surface area contributed by atoms with Gasteiger partial charge in [-0.15, -0.1) is 0 Å². The van der Waals surface area contributed by atoms with Crippen LogP contribution in [-0.2, 0) is 16.1 Å². The molecule has 3 rings (SSSR count). The molecule has 1 aromatic carbocycles. The molecular weight excluding hydrogens is 372 g/mol. The molecule has 2 aliphatic heterocycles. The van der Waals surface area contributed by atoms with Crippen molar-refractivity contribution in [3.8, 4) is 0 Å². The van der Waals surface area contributed by atoms with Gasteiger partial charge in [0.1, 0.15) is 6.04 Å². The normalized spacial score (nSPS) is 21.4. The summed E-state index contributed by atoms with van der Waals surface area (Å²) in [6, 6.07) is 4.18. The number of carbonyl (C=O) groups is 4. The Balaban J connectivity index is 1.68. The second kappa shape index (κ2) is 8.42. The van der Waals surface area contributed by atoms with Gasteiger partial charge in [-0.1, -0.05) is 26.8 Å². The summed E-state index contributed by atoms with van der Waals surface area (Å²) in [5.41, 5.74) is 7.64. The lowest BCUT2D eigenvalue weighted by atomic mass is 9.91. The van der Waals surface area contributed by atoms with E-state index in [0.717, 1.165) is 10.5 Å². The predicted octanol–water partition coefficient (Wildman–Crippen LogP) is 0.797. The summed E-state index contributed by atoms with van der Waals surface area (Å²) < 4.78 is 0. The molecule has 0 aliphatic carbocycles. The van der Waals surface area contributed by atoms with Crippen LogP contribution in [0.5, 0.6) is 0 Å². The Hall–Kier alpha value is -2.58. The van der Waals surface area contributed by atoms with Crippen molar-refractivity contribution >= 4 is 23.6 Å². The van der Waals surface area contributed by atoms with E-state index in [1.54, 1.807) is 18.2 Å². The van der Waals surface area contributed by atoms with Crippen molar-refractivity contribution in [2.24, 2.45) is 17.6 Å². The van der Waals surface area contributed by atoms with Crippen LogP contribution in [0.3, 0.4) is 0 Å². The fourth-order valence-electron chi connectivity index (χ4n) is 3.69. The van der Waals surface area contributed by atoms with Crippen molar-refractivity contribution in [2.45, 2.75) is 52.2 Å². The number of fused-ring (bicyclic) bond motifs is 1. The maximum atomic E-state index is 12.8. The van der Waals surface area contributed by atoms with Crippen molar-refractivity contribution in [1.29, 1.82) is 0 Å². The van der Waals surface area contributed by atoms with Crippen molar-refractivity contribution in [3.05, 3.63) is 34.9 Å². The number of hydrogen-bond donors (Lipinski definition) is 3. The third-order valence-electron chi connectivity index (χ3n) is 5.94. The first-order valence-corrected chi connectivity index (χ1v) is 10.0. The maximum Gasteiger partial charge on any atom is 0.262 e. The van der Waals surface area contributed by atoms with Gasteiger partial charge in [0.2, 0.25) is 11.8 Å². The number of nitrogens with zero attached hydrogens (tertiary/aromatic N) is 1. The Morgan fingerprint density at radius 1 is 1.14 bits per heavy atom. The summed E-state index contributed by atoms with van der Waals surface area (Å²) >= 11 is 0. The van der Waals surface area contributed by atoms with Crippen LogP contribution in [0, 0.1) is 11.8 Å². The highest BCUT2D eigenvalue weighted by Crippen LogP contribution is 2.28. The second-order valence-corrected chi connectivity index (χ2v) is 8.23. The quantitative estimate of drug-likeness (QED) is 0.582. The monoisotopic (exact) mass is 400 g/mol. The summed E-state index contributed by atoms with van der Waals surface area (Å²) in [5.74, 6) is -1.11. The van der Waals surface area contributed by atoms with E-state index in [1.807, 2.05) is 0 Å². The number of benzene rings is 1. The average Bonchev–Trinajstić information content (AvgIpc) is 2.91. The molecule has 3 unspecified atom stereocenters. The van der Waals surface area contributed by atoms with Gasteiger partial charge in [0.05, 0.1) is 11.1 Å². The first-order valence-electron chi connectivity index (χ1n) is 10.0. The molecule has 1 fully saturated rings. The molecule has 0 bridgehead atoms. The zero-order valence-corrected chi connectivity index (χ0v) is 17.0. The Morgan fingerprint density at radius 2 is 1.83 bits per heavy atom. The third kappa shape index (κ3) is 4.23. The molecule has 8 nitrogen and oxygen atoms in total. The predicted molar refractivity (Wildman–Crippen MR) is 107 cm³/mol. The van der Waals surface area contributed by atoms with E-state index in [0.29, 0.717) is 30.5 Å². The molecule has 8 heteroatoms. The third-order valence-corrected chi connectivity index (χ3v) is 5.94. The molecule has 0 radical (unpaired) electrons. The highest BCUT2D eigenvalue weighted by atomic mass is 16.2. The molecule has 4 amide bonds. The van der Waals surface area contributed by atoms with Gasteiger partial charge in [0.15, 0.2) is 0 Å². The second-order valence-electron chi connectivity index (χ2n) is 8.23. The zero-order valence-electron chi connectivity index (χ0n) is 17.0. The van der Waals surface area contributed by atoms with Gasteiger partial charge in [0.25, 0.3) is 11.8 Å². The number of piperidine rings is 1. The SMILES string of the molecule is CC(C)C(C)C(N)CNCc1ccc2c(c1)C(=O)N(C1CCC(=O)NC1=O)C2=O. The molecule has 4 N–H and O–H groups in total. The van der Waals surface area contributed by atoms with E-state index >= 15 is 0 Å². The largest absolute Gasteiger partial charge is 0.326 e. The van der Waals surface area contributed by atoms with Crippen molar-refractivity contribution in [2.75, 3.05) is 6.54 Å². The van der Waals surface area contributed by atoms with Crippen LogP contribution in [0.1, 0.15) is 59.9 Å². The molecule has 2 aliphatic rings. The molecular formula is C21H28N4O4. The molecule has 3 atom stereocenters. The van der Waals surface area contributed by atoms with Gasteiger partial charge in [-0.3, -0.25) is 29.4 Å². The first kappa shape index (κ1) is 21.1. The summed E-state index contributed by atoms with van der Waals surface area (Å²) in [4.78, 5) is 50.0. The van der Waals surface area contributed by atoms with Gasteiger partial charge in [0, 0.05) is 25.6 Å². The van der Waals surface area contributed by atoms with Crippen LogP contribution in [0.2, 0.25) is 0 Å². The Kier molecular flexibility index (Phi) is 6.14. The highest BCUT2D eigenvalue weighted by molar-refractivity contribution is 6.23. The molecule has 1 aromatic rings. The lowest BCUT2D eigenvalue weighted by Gasteiger charge is -2.27. The minimum absolute atomic E-state index is 0.0238. The maximum absolute atomic E-state index is 12.8. The fourth-order valence-corrected chi connectivity index (χ4v) is 3.69. The fraction of sp³-hybridized carbons (Fsp3) is 0.524. The van der Waals surface area contributed by atoms with Crippen molar-refractivity contribution < 1.29 is 19.2 Å². The summed E-state index contributed by atoms with van der Waals surface area (Å²) in [5, 5.41) is 5.50. The number of hydrogen-bond acceptors (Lipinski definition) is 6. The molecule has 0 aromatic heterocycles. The topological polar surface area (TPSA) is 122 Å². The van der Waals surface area contributed by atoms with Crippen LogP contribution >= 0.6 is 0 Å². The highest BCUT2D eigenvalue weighted by Gasteiger charge is 2.44. The van der Waals surface area contributed by atoms with Gasteiger partial charge in [-0.25, -0.2) is 0 Å². The van der Waals surface area contributed by atoms with E-state index in [9.17, 15) is 19.2 Å². The van der Waals surface area contributed by atoms with Gasteiger partial charge in [-0.05, 0) is 36.0 Å². The Morgan fingerprint density at radius 3 is 2.48 bits per heavy atom. The number of rotatable bonds is 7. The minimum atomic E-state index is -0.947. The van der Waals surface area contributed by atoms with Crippen LogP contribution in [-0.4, -0.2) is 47.2 Å². The van der Waals surface area contributed by atoms with Gasteiger partial charge >= 0.3 is 0 Å². The van der Waals surface area contributed by atoms with Gasteiger partial charge < -0.3 is 11.1 Å². The number of nitrogens with two attached hydrogens (primary N) is 1. The summed E-state index contributed by atoms with van der Waals surface area (Å²) in [6.45, 7) is 7.57. The molecule has 0 spiro atoms. The Labute approximate surface area is 170 Å². The smallest absolute Gasteiger partial charge is 0.262 e. The number of nitrogens with one attached hydrogen (secondary N) is 2. The van der Waals surface area contributed by atoms with Crippen molar-refractivity contribution in [1.82, 2.24) is 15.5 Å². The summed E-state index contributed by atoms with van der Waals surface area (Å²) in [7, 11) is 0. The lowest BCUT2D eigenvalue weighted by molar-refractivity contribution is -0.136. The molecule has 1 saturated heterocycles. The van der Waals surface area contributed by atoms with Crippen LogP contribution in [0.15, 0.2) is 18.2 Å². The average molecular weight is 400 g/mol. The van der Waals surface area contributed by atoms with Crippen LogP contribution in [0.4, 0.5) is 0 Å². The zero-order chi connectivity index (χ0) is 21.3. The van der Waals surface area contributed by atoms with Crippen molar-refractivity contribution in [3.63, 3.8) is 0 Å². The van der Waals surface area contributed by atoms with E-state index in [1.165, 1.54) is 0 Å². The minimum Gasteiger partial charge on any atom is -0.326 e. The van der Waals surface area contributed by atoms with E-state index in [-0.39, 0.29) is 30.4 Å². The van der Waals surface area contributed by atoms with Crippen LogP contribution < -0.4 is 16.4 Å². The van der Waals surface area contributed by atoms with E-state index in [2.05, 4.69) is 31.4 Å². The molecule has 156 valence electrons. The number of carbonyl (C=O) groups excluding carboxylic acids is 4. The lowest BCUT2D eigenvalue weighted by Crippen LogP contribution is -2.54. The molecule has 29 heavy (non-hydrogen) atoms. The van der Waals surface area contributed by atoms with E-state index < -0.39 is 23.8 Å². The molecule has 2 heterocycles. The Bertz CT molecular complexity index is 851. The number of imide groups is 2. The first-order chi connectivity index (χ1) is 13.7. The van der Waals surface area contributed by atoms with Crippen LogP contribution in [0.25, 0.3) is 0 Å². The summed E-state index contributed by atoms with van der Waals surface area (Å²) in [6.07, 6.45) is 0.254. The number of amides is 4. The molecule has 0 saturated carbocycles. The standard InChI is InChI=1S/C21H28N4O4/c1-11(2)12(3)16(22)10-23-9-13-4-5-14-15(8-13)21(29)25(20(14)28)17-6-7-18(26)24-19(17)27/h4-5,8,11-12,16-17,23H,6-7,9-10,22H2,1-3H3,(H,24,26,27). The van der Waals surface area contributed by atoms with Gasteiger partial charge in [-0.2, -0.15) is 0 Å².